The highest BCUT2D eigenvalue weighted by molar-refractivity contribution is 6.05. The van der Waals surface area contributed by atoms with Crippen molar-refractivity contribution in [3.05, 3.63) is 18.0 Å². The summed E-state index contributed by atoms with van der Waals surface area (Å²) < 4.78 is 0. The third-order valence-corrected chi connectivity index (χ3v) is 2.27. The molecule has 1 aromatic heterocycles. The molecule has 0 atom stereocenters. The van der Waals surface area contributed by atoms with Crippen molar-refractivity contribution in [2.45, 2.75) is 13.0 Å². The average Bonchev–Trinajstić information content (AvgIpc) is 2.29. The Labute approximate surface area is 91.6 Å². The summed E-state index contributed by atoms with van der Waals surface area (Å²) in [5.41, 5.74) is 6.63. The molecule has 0 unspecified atom stereocenters. The third-order valence-electron chi connectivity index (χ3n) is 2.27. The Kier molecular flexibility index (Phi) is 2.78. The van der Waals surface area contributed by atoms with Crippen molar-refractivity contribution in [3.8, 4) is 0 Å². The number of aromatic nitrogens is 2. The smallest absolute Gasteiger partial charge is 0.325 e. The molecule has 16 heavy (non-hydrogen) atoms. The maximum Gasteiger partial charge on any atom is 0.328 e. The van der Waals surface area contributed by atoms with E-state index in [1.807, 2.05) is 0 Å². The van der Waals surface area contributed by atoms with E-state index >= 15 is 0 Å². The van der Waals surface area contributed by atoms with Gasteiger partial charge in [0.15, 0.2) is 0 Å². The summed E-state index contributed by atoms with van der Waals surface area (Å²) in [5.74, 6) is -0.262. The Balaban J connectivity index is 2.23. The van der Waals surface area contributed by atoms with Gasteiger partial charge in [0.2, 0.25) is 5.91 Å². The van der Waals surface area contributed by atoms with Gasteiger partial charge in [0.25, 0.3) is 0 Å². The van der Waals surface area contributed by atoms with Crippen LogP contribution < -0.4 is 16.0 Å². The summed E-state index contributed by atoms with van der Waals surface area (Å²) in [5, 5.41) is 9.77. The zero-order chi connectivity index (χ0) is 11.5. The monoisotopic (exact) mass is 221 g/mol. The molecule has 0 bridgehead atoms. The number of urea groups is 1. The van der Waals surface area contributed by atoms with E-state index in [2.05, 4.69) is 15.5 Å². The number of imide groups is 1. The molecule has 7 heteroatoms. The van der Waals surface area contributed by atoms with E-state index in [9.17, 15) is 9.59 Å². The molecule has 0 aromatic carbocycles. The molecule has 1 fully saturated rings. The molecule has 0 spiro atoms. The molecule has 2 rings (SSSR count). The van der Waals surface area contributed by atoms with Crippen molar-refractivity contribution in [1.82, 2.24) is 15.5 Å². The van der Waals surface area contributed by atoms with E-state index in [1.54, 1.807) is 6.07 Å². The van der Waals surface area contributed by atoms with Gasteiger partial charge >= 0.3 is 6.03 Å². The van der Waals surface area contributed by atoms with Crippen molar-refractivity contribution >= 4 is 17.6 Å². The fourth-order valence-electron chi connectivity index (χ4n) is 1.46. The first-order valence-corrected chi connectivity index (χ1v) is 4.83. The fraction of sp³-hybridized carbons (Fsp3) is 0.333. The minimum Gasteiger partial charge on any atom is -0.325 e. The van der Waals surface area contributed by atoms with E-state index < -0.39 is 6.03 Å². The van der Waals surface area contributed by atoms with Crippen LogP contribution in [0, 0.1) is 0 Å². The first kappa shape index (κ1) is 10.5. The van der Waals surface area contributed by atoms with Gasteiger partial charge in [0.05, 0.1) is 17.6 Å². The fourth-order valence-corrected chi connectivity index (χ4v) is 1.46. The van der Waals surface area contributed by atoms with Crippen LogP contribution in [0.4, 0.5) is 10.5 Å². The number of amides is 3. The highest BCUT2D eigenvalue weighted by Gasteiger charge is 2.24. The summed E-state index contributed by atoms with van der Waals surface area (Å²) in [6, 6.07) is 1.25. The van der Waals surface area contributed by atoms with E-state index in [1.165, 1.54) is 11.1 Å². The molecular weight excluding hydrogens is 210 g/mol. The number of carbonyl (C=O) groups is 2. The molecule has 3 N–H and O–H groups in total. The predicted octanol–water partition coefficient (Wildman–Crippen LogP) is -0.618. The SMILES string of the molecule is NCc1cc(N2CCC(=O)NC2=O)cnn1. The van der Waals surface area contributed by atoms with Crippen LogP contribution in [-0.2, 0) is 11.3 Å². The van der Waals surface area contributed by atoms with Gasteiger partial charge < -0.3 is 5.73 Å². The minimum atomic E-state index is -0.438. The summed E-state index contributed by atoms with van der Waals surface area (Å²) in [7, 11) is 0. The van der Waals surface area contributed by atoms with Crippen LogP contribution in [0.25, 0.3) is 0 Å². The lowest BCUT2D eigenvalue weighted by molar-refractivity contribution is -0.120. The van der Waals surface area contributed by atoms with Crippen LogP contribution in [0.1, 0.15) is 12.1 Å². The van der Waals surface area contributed by atoms with Gasteiger partial charge in [-0.3, -0.25) is 15.0 Å². The first-order valence-electron chi connectivity index (χ1n) is 4.83. The zero-order valence-corrected chi connectivity index (χ0v) is 8.51. The van der Waals surface area contributed by atoms with Gasteiger partial charge in [-0.15, -0.1) is 0 Å². The maximum atomic E-state index is 11.5. The molecule has 84 valence electrons. The summed E-state index contributed by atoms with van der Waals surface area (Å²) >= 11 is 0. The predicted molar refractivity (Wildman–Crippen MR) is 55.4 cm³/mol. The molecule has 0 radical (unpaired) electrons. The topological polar surface area (TPSA) is 101 Å². The molecule has 2 heterocycles. The van der Waals surface area contributed by atoms with Gasteiger partial charge in [0, 0.05) is 19.5 Å². The van der Waals surface area contributed by atoms with E-state index in [4.69, 9.17) is 5.73 Å². The molecule has 7 nitrogen and oxygen atoms in total. The number of hydrogen-bond donors (Lipinski definition) is 2. The van der Waals surface area contributed by atoms with Crippen LogP contribution in [-0.4, -0.2) is 28.7 Å². The van der Waals surface area contributed by atoms with Crippen molar-refractivity contribution in [2.75, 3.05) is 11.4 Å². The van der Waals surface area contributed by atoms with Crippen LogP contribution in [0.3, 0.4) is 0 Å². The second kappa shape index (κ2) is 4.23. The van der Waals surface area contributed by atoms with E-state index in [0.717, 1.165) is 0 Å². The van der Waals surface area contributed by atoms with Gasteiger partial charge in [-0.2, -0.15) is 10.2 Å². The Morgan fingerprint density at radius 3 is 3.00 bits per heavy atom. The lowest BCUT2D eigenvalue weighted by Crippen LogP contribution is -2.49. The number of rotatable bonds is 2. The third kappa shape index (κ3) is 1.98. The van der Waals surface area contributed by atoms with Crippen LogP contribution >= 0.6 is 0 Å². The number of anilines is 1. The molecule has 0 saturated carbocycles. The first-order chi connectivity index (χ1) is 7.70. The molecule has 0 aliphatic carbocycles. The molecule has 1 aliphatic rings. The number of nitrogens with one attached hydrogen (secondary N) is 1. The standard InChI is InChI=1S/C9H11N5O2/c10-4-6-3-7(5-11-13-6)14-2-1-8(15)12-9(14)16/h3,5H,1-2,4,10H2,(H,12,15,16). The lowest BCUT2D eigenvalue weighted by Gasteiger charge is -2.26. The van der Waals surface area contributed by atoms with Crippen molar-refractivity contribution in [2.24, 2.45) is 5.73 Å². The molecule has 1 aliphatic heterocycles. The Hall–Kier alpha value is -2.02. The summed E-state index contributed by atoms with van der Waals surface area (Å²) in [6.07, 6.45) is 1.75. The minimum absolute atomic E-state index is 0.259. The van der Waals surface area contributed by atoms with E-state index in [-0.39, 0.29) is 18.9 Å². The quantitative estimate of drug-likeness (QED) is 0.693. The van der Waals surface area contributed by atoms with Gasteiger partial charge in [0.1, 0.15) is 0 Å². The van der Waals surface area contributed by atoms with Gasteiger partial charge in [-0.1, -0.05) is 0 Å². The number of carbonyl (C=O) groups excluding carboxylic acids is 2. The highest BCUT2D eigenvalue weighted by atomic mass is 16.2. The van der Waals surface area contributed by atoms with Crippen molar-refractivity contribution in [3.63, 3.8) is 0 Å². The second-order valence-corrected chi connectivity index (χ2v) is 3.36. The highest BCUT2D eigenvalue weighted by Crippen LogP contribution is 2.15. The maximum absolute atomic E-state index is 11.5. The van der Waals surface area contributed by atoms with Crippen LogP contribution in [0.2, 0.25) is 0 Å². The largest absolute Gasteiger partial charge is 0.328 e. The van der Waals surface area contributed by atoms with Crippen molar-refractivity contribution in [1.29, 1.82) is 0 Å². The zero-order valence-electron chi connectivity index (χ0n) is 8.51. The number of hydrogen-bond acceptors (Lipinski definition) is 5. The molecule has 1 aromatic rings. The lowest BCUT2D eigenvalue weighted by atomic mass is 10.2. The number of nitrogens with two attached hydrogens (primary N) is 1. The molecule has 3 amide bonds. The Bertz CT molecular complexity index is 434. The van der Waals surface area contributed by atoms with E-state index in [0.29, 0.717) is 17.9 Å². The Morgan fingerprint density at radius 1 is 1.50 bits per heavy atom. The van der Waals surface area contributed by atoms with Crippen molar-refractivity contribution < 1.29 is 9.59 Å². The van der Waals surface area contributed by atoms with Crippen LogP contribution in [0.15, 0.2) is 12.3 Å². The molecular formula is C9H11N5O2. The van der Waals surface area contributed by atoms with Gasteiger partial charge in [-0.05, 0) is 6.07 Å². The summed E-state index contributed by atoms with van der Waals surface area (Å²) in [4.78, 5) is 23.9. The summed E-state index contributed by atoms with van der Waals surface area (Å²) in [6.45, 7) is 0.607. The van der Waals surface area contributed by atoms with Gasteiger partial charge in [-0.25, -0.2) is 4.79 Å². The average molecular weight is 221 g/mol. The normalized spacial score (nSPS) is 16.2. The second-order valence-electron chi connectivity index (χ2n) is 3.36. The van der Waals surface area contributed by atoms with Crippen LogP contribution in [0.5, 0.6) is 0 Å². The number of nitrogens with zero attached hydrogens (tertiary/aromatic N) is 3. The Morgan fingerprint density at radius 2 is 2.31 bits per heavy atom. The molecule has 1 saturated heterocycles.